The van der Waals surface area contributed by atoms with Crippen molar-refractivity contribution in [2.45, 2.75) is 25.7 Å². The van der Waals surface area contributed by atoms with E-state index in [4.69, 9.17) is 15.6 Å². The molecule has 4 N–H and O–H groups in total. The number of aromatic nitrogens is 3. The van der Waals surface area contributed by atoms with Gasteiger partial charge in [-0.2, -0.15) is 18.3 Å². The Hall–Kier alpha value is -3.93. The quantitative estimate of drug-likeness (QED) is 0.517. The molecule has 0 aliphatic carbocycles. The van der Waals surface area contributed by atoms with Gasteiger partial charge in [-0.25, -0.2) is 4.79 Å². The SMILES string of the molecule is Nc1ccnc2c1CN(CC(=O)Nc1ccn(Cc3ccccc3)n1)CC2.O=C(O)C(F)(F)F. The highest BCUT2D eigenvalue weighted by Gasteiger charge is 2.38. The number of pyridine rings is 1. The van der Waals surface area contributed by atoms with Crippen molar-refractivity contribution in [1.82, 2.24) is 19.7 Å². The van der Waals surface area contributed by atoms with Crippen molar-refractivity contribution < 1.29 is 27.9 Å². The number of aliphatic carboxylic acids is 1. The number of carboxylic acid groups (broad SMARTS) is 1. The molecule has 1 aliphatic heterocycles. The maximum atomic E-state index is 12.4. The molecule has 0 unspecified atom stereocenters. The Kier molecular flexibility index (Phi) is 7.84. The van der Waals surface area contributed by atoms with E-state index in [2.05, 4.69) is 32.4 Å². The van der Waals surface area contributed by atoms with Crippen molar-refractivity contribution in [3.63, 3.8) is 0 Å². The maximum Gasteiger partial charge on any atom is 0.490 e. The lowest BCUT2D eigenvalue weighted by Crippen LogP contribution is -2.37. The first-order valence-electron chi connectivity index (χ1n) is 10.2. The second-order valence-electron chi connectivity index (χ2n) is 7.52. The van der Waals surface area contributed by atoms with Crippen molar-refractivity contribution in [2.24, 2.45) is 0 Å². The lowest BCUT2D eigenvalue weighted by molar-refractivity contribution is -0.192. The summed E-state index contributed by atoms with van der Waals surface area (Å²) < 4.78 is 33.6. The normalized spacial score (nSPS) is 13.4. The fourth-order valence-corrected chi connectivity index (χ4v) is 3.32. The number of anilines is 2. The van der Waals surface area contributed by atoms with Gasteiger partial charge in [0, 0.05) is 54.9 Å². The summed E-state index contributed by atoms with van der Waals surface area (Å²) in [4.78, 5) is 27.8. The first-order chi connectivity index (χ1) is 16.1. The average molecular weight is 476 g/mol. The molecule has 1 aromatic carbocycles. The molecule has 1 amide bonds. The first kappa shape index (κ1) is 24.7. The number of nitrogens with zero attached hydrogens (tertiary/aromatic N) is 4. The van der Waals surface area contributed by atoms with Crippen LogP contribution in [0.4, 0.5) is 24.7 Å². The summed E-state index contributed by atoms with van der Waals surface area (Å²) in [6, 6.07) is 13.7. The molecule has 0 spiro atoms. The highest BCUT2D eigenvalue weighted by Crippen LogP contribution is 2.22. The number of carboxylic acids is 1. The first-order valence-corrected chi connectivity index (χ1v) is 10.2. The van der Waals surface area contributed by atoms with Gasteiger partial charge in [0.1, 0.15) is 0 Å². The maximum absolute atomic E-state index is 12.4. The Bertz CT molecular complexity index is 1130. The monoisotopic (exact) mass is 476 g/mol. The molecular formula is C22H23F3N6O3. The fourth-order valence-electron chi connectivity index (χ4n) is 3.32. The molecule has 0 saturated heterocycles. The predicted molar refractivity (Wildman–Crippen MR) is 118 cm³/mol. The molecule has 0 radical (unpaired) electrons. The predicted octanol–water partition coefficient (Wildman–Crippen LogP) is 2.54. The zero-order chi connectivity index (χ0) is 24.7. The van der Waals surface area contributed by atoms with Crippen LogP contribution >= 0.6 is 0 Å². The van der Waals surface area contributed by atoms with E-state index >= 15 is 0 Å². The van der Waals surface area contributed by atoms with Gasteiger partial charge in [-0.1, -0.05) is 30.3 Å². The molecule has 0 bridgehead atoms. The molecular weight excluding hydrogens is 453 g/mol. The van der Waals surface area contributed by atoms with E-state index in [1.54, 1.807) is 6.20 Å². The standard InChI is InChI=1S/C20H22N6O.C2HF3O2/c21-17-6-9-22-18-7-10-25(13-16(17)18)14-20(27)23-19-8-11-26(24-19)12-15-4-2-1-3-5-15;3-2(4,5)1(6)7/h1-6,8-9,11H,7,10,12-14H2,(H2,21,22)(H,23,24,27);(H,6,7). The van der Waals surface area contributed by atoms with Crippen LogP contribution in [0.1, 0.15) is 16.8 Å². The number of nitrogen functional groups attached to an aromatic ring is 1. The molecule has 0 atom stereocenters. The number of hydrogen-bond donors (Lipinski definition) is 3. The minimum absolute atomic E-state index is 0.0779. The third-order valence-corrected chi connectivity index (χ3v) is 4.93. The van der Waals surface area contributed by atoms with E-state index in [9.17, 15) is 18.0 Å². The molecule has 12 heteroatoms. The van der Waals surface area contributed by atoms with E-state index < -0.39 is 12.1 Å². The van der Waals surface area contributed by atoms with Gasteiger partial charge in [0.2, 0.25) is 5.91 Å². The van der Waals surface area contributed by atoms with Crippen molar-refractivity contribution in [1.29, 1.82) is 0 Å². The number of amides is 1. The van der Waals surface area contributed by atoms with Gasteiger partial charge >= 0.3 is 12.1 Å². The van der Waals surface area contributed by atoms with Gasteiger partial charge in [0.05, 0.1) is 13.1 Å². The largest absolute Gasteiger partial charge is 0.490 e. The summed E-state index contributed by atoms with van der Waals surface area (Å²) in [5, 5.41) is 14.4. The number of nitrogens with two attached hydrogens (primary N) is 1. The average Bonchev–Trinajstić information content (AvgIpc) is 3.21. The van der Waals surface area contributed by atoms with Crippen LogP contribution in [0.15, 0.2) is 54.9 Å². The topological polar surface area (TPSA) is 126 Å². The van der Waals surface area contributed by atoms with E-state index in [-0.39, 0.29) is 5.91 Å². The van der Waals surface area contributed by atoms with Crippen LogP contribution in [0.5, 0.6) is 0 Å². The van der Waals surface area contributed by atoms with Crippen molar-refractivity contribution in [3.8, 4) is 0 Å². The second-order valence-corrected chi connectivity index (χ2v) is 7.52. The van der Waals surface area contributed by atoms with Crippen molar-refractivity contribution in [2.75, 3.05) is 24.1 Å². The number of nitrogens with one attached hydrogen (secondary N) is 1. The molecule has 3 heterocycles. The Balaban J connectivity index is 0.000000406. The van der Waals surface area contributed by atoms with E-state index in [0.29, 0.717) is 25.5 Å². The van der Waals surface area contributed by atoms with Crippen molar-refractivity contribution in [3.05, 3.63) is 71.7 Å². The fraction of sp³-hybridized carbons (Fsp3) is 0.273. The summed E-state index contributed by atoms with van der Waals surface area (Å²) in [6.07, 6.45) is -0.673. The second kappa shape index (κ2) is 10.8. The van der Waals surface area contributed by atoms with Crippen LogP contribution in [-0.4, -0.2) is 55.9 Å². The summed E-state index contributed by atoms with van der Waals surface area (Å²) in [5.41, 5.74) is 10.0. The van der Waals surface area contributed by atoms with Gasteiger partial charge in [0.15, 0.2) is 5.82 Å². The number of alkyl halides is 3. The summed E-state index contributed by atoms with van der Waals surface area (Å²) in [6.45, 7) is 2.41. The van der Waals surface area contributed by atoms with Gasteiger partial charge in [-0.3, -0.25) is 19.4 Å². The molecule has 0 saturated carbocycles. The highest BCUT2D eigenvalue weighted by molar-refractivity contribution is 5.91. The van der Waals surface area contributed by atoms with Crippen LogP contribution in [0.2, 0.25) is 0 Å². The summed E-state index contributed by atoms with van der Waals surface area (Å²) in [7, 11) is 0. The van der Waals surface area contributed by atoms with Gasteiger partial charge in [0.25, 0.3) is 0 Å². The van der Waals surface area contributed by atoms with E-state index in [1.165, 1.54) is 0 Å². The number of hydrogen-bond acceptors (Lipinski definition) is 6. The third kappa shape index (κ3) is 7.04. The van der Waals surface area contributed by atoms with E-state index in [0.717, 1.165) is 35.5 Å². The summed E-state index contributed by atoms with van der Waals surface area (Å²) >= 11 is 0. The molecule has 180 valence electrons. The molecule has 3 aromatic rings. The Labute approximate surface area is 193 Å². The van der Waals surface area contributed by atoms with Crippen molar-refractivity contribution >= 4 is 23.4 Å². The number of carbonyl (C=O) groups excluding carboxylic acids is 1. The minimum Gasteiger partial charge on any atom is -0.475 e. The van der Waals surface area contributed by atoms with Gasteiger partial charge in [-0.15, -0.1) is 0 Å². The number of fused-ring (bicyclic) bond motifs is 1. The molecule has 4 rings (SSSR count). The smallest absolute Gasteiger partial charge is 0.475 e. The van der Waals surface area contributed by atoms with Crippen LogP contribution in [0, 0.1) is 0 Å². The Morgan fingerprint density at radius 1 is 1.15 bits per heavy atom. The van der Waals surface area contributed by atoms with Crippen LogP contribution in [0.3, 0.4) is 0 Å². The van der Waals surface area contributed by atoms with Crippen LogP contribution < -0.4 is 11.1 Å². The number of halogens is 3. The number of benzene rings is 1. The molecule has 0 fully saturated rings. The third-order valence-electron chi connectivity index (χ3n) is 4.93. The highest BCUT2D eigenvalue weighted by atomic mass is 19.4. The molecule has 2 aromatic heterocycles. The lowest BCUT2D eigenvalue weighted by atomic mass is 10.0. The van der Waals surface area contributed by atoms with Crippen LogP contribution in [0.25, 0.3) is 0 Å². The van der Waals surface area contributed by atoms with Gasteiger partial charge < -0.3 is 16.2 Å². The molecule has 34 heavy (non-hydrogen) atoms. The molecule has 9 nitrogen and oxygen atoms in total. The number of carbonyl (C=O) groups is 2. The zero-order valence-corrected chi connectivity index (χ0v) is 18.0. The Morgan fingerprint density at radius 2 is 1.85 bits per heavy atom. The summed E-state index contributed by atoms with van der Waals surface area (Å²) in [5.74, 6) is -2.27. The van der Waals surface area contributed by atoms with Gasteiger partial charge in [-0.05, 0) is 11.6 Å². The Morgan fingerprint density at radius 3 is 2.53 bits per heavy atom. The number of rotatable bonds is 5. The zero-order valence-electron chi connectivity index (χ0n) is 18.0. The minimum atomic E-state index is -5.08. The van der Waals surface area contributed by atoms with Crippen LogP contribution in [-0.2, 0) is 29.1 Å². The van der Waals surface area contributed by atoms with E-state index in [1.807, 2.05) is 41.2 Å². The molecule has 1 aliphatic rings. The lowest BCUT2D eigenvalue weighted by Gasteiger charge is -2.28.